The summed E-state index contributed by atoms with van der Waals surface area (Å²) in [6, 6.07) is 25.9. The van der Waals surface area contributed by atoms with Crippen LogP contribution in [0.5, 0.6) is 5.75 Å². The minimum Gasteiger partial charge on any atom is -0.486 e. The van der Waals surface area contributed by atoms with Crippen LogP contribution >= 0.6 is 0 Å². The van der Waals surface area contributed by atoms with Crippen LogP contribution in [0.1, 0.15) is 42.6 Å². The molecule has 0 fully saturated rings. The molecule has 0 spiro atoms. The molecule has 1 heteroatoms. The minimum absolute atomic E-state index is 0.164. The predicted octanol–water partition coefficient (Wildman–Crippen LogP) is 6.37. The lowest BCUT2D eigenvalue weighted by molar-refractivity contribution is 0.207. The maximum atomic E-state index is 6.24. The zero-order valence-electron chi connectivity index (χ0n) is 14.7. The molecule has 0 aromatic heterocycles. The van der Waals surface area contributed by atoms with Gasteiger partial charge in [0.2, 0.25) is 0 Å². The molecule has 1 atom stereocenters. The van der Waals surface area contributed by atoms with Crippen LogP contribution in [0.25, 0.3) is 11.1 Å². The number of rotatable bonds is 5. The molecule has 0 unspecified atom stereocenters. The highest BCUT2D eigenvalue weighted by molar-refractivity contribution is 5.70. The van der Waals surface area contributed by atoms with E-state index in [9.17, 15) is 0 Å². The van der Waals surface area contributed by atoms with E-state index in [1.165, 1.54) is 34.2 Å². The fraction of sp³-hybridized carbons (Fsp3) is 0.250. The Morgan fingerprint density at radius 3 is 2.44 bits per heavy atom. The van der Waals surface area contributed by atoms with E-state index in [0.29, 0.717) is 0 Å². The Bertz CT molecular complexity index is 834. The van der Waals surface area contributed by atoms with Crippen molar-refractivity contribution in [2.45, 2.75) is 38.7 Å². The Morgan fingerprint density at radius 2 is 1.68 bits per heavy atom. The van der Waals surface area contributed by atoms with Crippen LogP contribution in [-0.2, 0) is 12.8 Å². The summed E-state index contributed by atoms with van der Waals surface area (Å²) < 4.78 is 6.24. The second-order valence-corrected chi connectivity index (χ2v) is 6.78. The van der Waals surface area contributed by atoms with Gasteiger partial charge in [0.15, 0.2) is 0 Å². The van der Waals surface area contributed by atoms with Crippen molar-refractivity contribution in [3.63, 3.8) is 0 Å². The molecular formula is C24H24O. The highest BCUT2D eigenvalue weighted by Gasteiger charge is 2.26. The van der Waals surface area contributed by atoms with E-state index in [1.54, 1.807) is 0 Å². The molecule has 3 aromatic carbocycles. The summed E-state index contributed by atoms with van der Waals surface area (Å²) in [4.78, 5) is 0. The van der Waals surface area contributed by atoms with Gasteiger partial charge in [-0.05, 0) is 59.2 Å². The van der Waals surface area contributed by atoms with Crippen LogP contribution in [0.2, 0.25) is 0 Å². The molecule has 3 aromatic rings. The highest BCUT2D eigenvalue weighted by atomic mass is 16.5. The monoisotopic (exact) mass is 328 g/mol. The van der Waals surface area contributed by atoms with Crippen molar-refractivity contribution in [2.75, 3.05) is 0 Å². The zero-order chi connectivity index (χ0) is 17.1. The number of fused-ring (bicyclic) bond motifs is 1. The van der Waals surface area contributed by atoms with E-state index in [0.717, 1.165) is 25.0 Å². The standard InChI is InChI=1S/C24H24O/c1-2-7-18-12-14-19(15-13-18)21-10-6-11-23-22(21)16-17-24(23)25-20-8-4-3-5-9-20/h3-6,8-15,24H,2,7,16-17H2,1H3/t24-/m1/s1. The van der Waals surface area contributed by atoms with E-state index in [4.69, 9.17) is 4.74 Å². The van der Waals surface area contributed by atoms with Crippen molar-refractivity contribution in [3.8, 4) is 16.9 Å². The summed E-state index contributed by atoms with van der Waals surface area (Å²) in [5.74, 6) is 0.953. The molecule has 4 rings (SSSR count). The summed E-state index contributed by atoms with van der Waals surface area (Å²) in [5.41, 5.74) is 6.89. The molecule has 0 amide bonds. The molecule has 0 radical (unpaired) electrons. The lowest BCUT2D eigenvalue weighted by Crippen LogP contribution is -2.03. The van der Waals surface area contributed by atoms with Gasteiger partial charge in [-0.2, -0.15) is 0 Å². The van der Waals surface area contributed by atoms with Crippen molar-refractivity contribution in [1.29, 1.82) is 0 Å². The maximum Gasteiger partial charge on any atom is 0.124 e. The number of hydrogen-bond donors (Lipinski definition) is 0. The predicted molar refractivity (Wildman–Crippen MR) is 104 cm³/mol. The first kappa shape index (κ1) is 16.0. The Morgan fingerprint density at radius 1 is 0.880 bits per heavy atom. The number of aryl methyl sites for hydroxylation is 1. The number of ether oxygens (including phenoxy) is 1. The quantitative estimate of drug-likeness (QED) is 0.528. The third-order valence-electron chi connectivity index (χ3n) is 5.04. The minimum atomic E-state index is 0.164. The normalized spacial score (nSPS) is 15.8. The van der Waals surface area contributed by atoms with E-state index in [-0.39, 0.29) is 6.10 Å². The SMILES string of the molecule is CCCc1ccc(-c2cccc3c2CC[C@H]3Oc2ccccc2)cc1. The second-order valence-electron chi connectivity index (χ2n) is 6.78. The summed E-state index contributed by atoms with van der Waals surface area (Å²) in [6.07, 6.45) is 4.64. The van der Waals surface area contributed by atoms with Crippen LogP contribution in [0.15, 0.2) is 72.8 Å². The van der Waals surface area contributed by atoms with E-state index in [1.807, 2.05) is 30.3 Å². The summed E-state index contributed by atoms with van der Waals surface area (Å²) in [6.45, 7) is 2.23. The molecule has 0 bridgehead atoms. The third-order valence-corrected chi connectivity index (χ3v) is 5.04. The van der Waals surface area contributed by atoms with Gasteiger partial charge >= 0.3 is 0 Å². The van der Waals surface area contributed by atoms with Gasteiger partial charge in [-0.3, -0.25) is 0 Å². The van der Waals surface area contributed by atoms with Crippen LogP contribution in [0, 0.1) is 0 Å². The van der Waals surface area contributed by atoms with Gasteiger partial charge in [-0.15, -0.1) is 0 Å². The third kappa shape index (κ3) is 3.32. The van der Waals surface area contributed by atoms with E-state index < -0.39 is 0 Å². The Labute approximate surface area is 150 Å². The molecule has 25 heavy (non-hydrogen) atoms. The smallest absolute Gasteiger partial charge is 0.124 e. The van der Waals surface area contributed by atoms with Crippen LogP contribution in [0.4, 0.5) is 0 Å². The Hall–Kier alpha value is -2.54. The fourth-order valence-electron chi connectivity index (χ4n) is 3.81. The van der Waals surface area contributed by atoms with Crippen molar-refractivity contribution >= 4 is 0 Å². The topological polar surface area (TPSA) is 9.23 Å². The molecule has 0 saturated heterocycles. The summed E-state index contributed by atoms with van der Waals surface area (Å²) in [7, 11) is 0. The van der Waals surface area contributed by atoms with Gasteiger partial charge in [-0.1, -0.05) is 74.0 Å². The number of benzene rings is 3. The van der Waals surface area contributed by atoms with Crippen molar-refractivity contribution < 1.29 is 4.74 Å². The summed E-state index contributed by atoms with van der Waals surface area (Å²) in [5, 5.41) is 0. The average Bonchev–Trinajstić information content (AvgIpc) is 3.07. The molecule has 1 aliphatic rings. The molecule has 1 nitrogen and oxygen atoms in total. The molecular weight excluding hydrogens is 304 g/mol. The molecule has 0 heterocycles. The van der Waals surface area contributed by atoms with Crippen LogP contribution in [-0.4, -0.2) is 0 Å². The van der Waals surface area contributed by atoms with Gasteiger partial charge in [0, 0.05) is 0 Å². The molecule has 0 saturated carbocycles. The lowest BCUT2D eigenvalue weighted by Gasteiger charge is -2.16. The maximum absolute atomic E-state index is 6.24. The van der Waals surface area contributed by atoms with Gasteiger partial charge in [0.1, 0.15) is 11.9 Å². The second kappa shape index (κ2) is 7.14. The van der Waals surface area contributed by atoms with E-state index >= 15 is 0 Å². The first-order valence-corrected chi connectivity index (χ1v) is 9.28. The van der Waals surface area contributed by atoms with Crippen molar-refractivity contribution in [3.05, 3.63) is 89.5 Å². The van der Waals surface area contributed by atoms with E-state index in [2.05, 4.69) is 49.4 Å². The average molecular weight is 328 g/mol. The zero-order valence-corrected chi connectivity index (χ0v) is 14.7. The first-order valence-electron chi connectivity index (χ1n) is 9.28. The van der Waals surface area contributed by atoms with Gasteiger partial charge < -0.3 is 4.74 Å². The molecule has 126 valence electrons. The van der Waals surface area contributed by atoms with Crippen LogP contribution < -0.4 is 4.74 Å². The first-order chi connectivity index (χ1) is 12.3. The molecule has 1 aliphatic carbocycles. The van der Waals surface area contributed by atoms with Gasteiger partial charge in [0.25, 0.3) is 0 Å². The van der Waals surface area contributed by atoms with Crippen molar-refractivity contribution in [1.82, 2.24) is 0 Å². The molecule has 0 aliphatic heterocycles. The Kier molecular flexibility index (Phi) is 4.56. The Balaban J connectivity index is 1.62. The number of hydrogen-bond acceptors (Lipinski definition) is 1. The lowest BCUT2D eigenvalue weighted by atomic mass is 9.95. The highest BCUT2D eigenvalue weighted by Crippen LogP contribution is 2.40. The fourth-order valence-corrected chi connectivity index (χ4v) is 3.81. The summed E-state index contributed by atoms with van der Waals surface area (Å²) >= 11 is 0. The number of para-hydroxylation sites is 1. The van der Waals surface area contributed by atoms with Crippen molar-refractivity contribution in [2.24, 2.45) is 0 Å². The van der Waals surface area contributed by atoms with Crippen LogP contribution in [0.3, 0.4) is 0 Å². The molecule has 0 N–H and O–H groups in total. The van der Waals surface area contributed by atoms with Gasteiger partial charge in [0.05, 0.1) is 0 Å². The largest absolute Gasteiger partial charge is 0.486 e. The van der Waals surface area contributed by atoms with Gasteiger partial charge in [-0.25, -0.2) is 0 Å².